The highest BCUT2D eigenvalue weighted by atomic mass is 19.4. The predicted octanol–water partition coefficient (Wildman–Crippen LogP) is 1.10. The van der Waals surface area contributed by atoms with Gasteiger partial charge in [-0.15, -0.1) is 0 Å². The van der Waals surface area contributed by atoms with E-state index in [9.17, 15) is 18.0 Å². The zero-order valence-corrected chi connectivity index (χ0v) is 12.0. The van der Waals surface area contributed by atoms with E-state index in [1.165, 1.54) is 5.01 Å². The largest absolute Gasteiger partial charge is 0.490 e. The molecule has 124 valence electrons. The van der Waals surface area contributed by atoms with Crippen LogP contribution in [0.1, 0.15) is 26.7 Å². The van der Waals surface area contributed by atoms with Gasteiger partial charge in [-0.25, -0.2) is 9.80 Å². The molecule has 1 heterocycles. The molecule has 1 rings (SSSR count). The number of carboxylic acid groups (broad SMARTS) is 1. The first kappa shape index (κ1) is 19.9. The summed E-state index contributed by atoms with van der Waals surface area (Å²) in [4.78, 5) is 20.7. The Balaban J connectivity index is 0.000000534. The second-order valence-electron chi connectivity index (χ2n) is 4.58. The van der Waals surface area contributed by atoms with Gasteiger partial charge in [0, 0.05) is 12.6 Å². The van der Waals surface area contributed by atoms with Gasteiger partial charge in [0.1, 0.15) is 6.04 Å². The minimum atomic E-state index is -5.08. The van der Waals surface area contributed by atoms with E-state index in [1.807, 2.05) is 19.9 Å². The summed E-state index contributed by atoms with van der Waals surface area (Å²) in [6, 6.07) is 0.984. The number of amides is 1. The van der Waals surface area contributed by atoms with E-state index in [0.717, 1.165) is 6.42 Å². The number of nitrogens with zero attached hydrogens (tertiary/aromatic N) is 3. The number of alkyl halides is 3. The first-order valence-corrected chi connectivity index (χ1v) is 6.37. The molecule has 0 spiro atoms. The lowest BCUT2D eigenvalue weighted by Crippen LogP contribution is -2.46. The van der Waals surface area contributed by atoms with Gasteiger partial charge < -0.3 is 10.8 Å². The zero-order chi connectivity index (χ0) is 17.5. The van der Waals surface area contributed by atoms with E-state index in [-0.39, 0.29) is 11.8 Å². The summed E-state index contributed by atoms with van der Waals surface area (Å²) in [5, 5.41) is 21.0. The highest BCUT2D eigenvalue weighted by molar-refractivity contribution is 5.84. The van der Waals surface area contributed by atoms with Gasteiger partial charge in [-0.1, -0.05) is 20.3 Å². The van der Waals surface area contributed by atoms with Crippen molar-refractivity contribution in [2.45, 2.75) is 44.9 Å². The Bertz CT molecular complexity index is 473. The fourth-order valence-corrected chi connectivity index (χ4v) is 1.38. The van der Waals surface area contributed by atoms with Crippen molar-refractivity contribution in [2.24, 2.45) is 16.8 Å². The van der Waals surface area contributed by atoms with E-state index in [4.69, 9.17) is 20.9 Å². The Kier molecular flexibility index (Phi) is 7.52. The minimum Gasteiger partial charge on any atom is -0.475 e. The molecule has 0 aliphatic carbocycles. The van der Waals surface area contributed by atoms with Crippen LogP contribution in [-0.2, 0) is 9.59 Å². The first-order chi connectivity index (χ1) is 10.1. The third-order valence-electron chi connectivity index (χ3n) is 2.99. The van der Waals surface area contributed by atoms with Crippen molar-refractivity contribution in [3.05, 3.63) is 0 Å². The molecule has 0 radical (unpaired) electrons. The third-order valence-corrected chi connectivity index (χ3v) is 2.99. The van der Waals surface area contributed by atoms with Crippen molar-refractivity contribution in [3.8, 4) is 6.07 Å². The van der Waals surface area contributed by atoms with Gasteiger partial charge in [0.2, 0.25) is 0 Å². The molecular formula is C12H17F3N4O3. The van der Waals surface area contributed by atoms with E-state index in [0.29, 0.717) is 6.42 Å². The van der Waals surface area contributed by atoms with Gasteiger partial charge in [0.15, 0.2) is 0 Å². The van der Waals surface area contributed by atoms with Crippen LogP contribution in [-0.4, -0.2) is 46.5 Å². The van der Waals surface area contributed by atoms with Gasteiger partial charge in [-0.05, 0) is 5.92 Å². The van der Waals surface area contributed by atoms with Crippen LogP contribution in [0.4, 0.5) is 13.2 Å². The summed E-state index contributed by atoms with van der Waals surface area (Å²) in [5.74, 6) is -2.91. The molecule has 1 unspecified atom stereocenters. The molecule has 7 nitrogen and oxygen atoms in total. The maximum absolute atomic E-state index is 11.9. The Morgan fingerprint density at radius 1 is 1.59 bits per heavy atom. The van der Waals surface area contributed by atoms with Crippen LogP contribution in [0.5, 0.6) is 0 Å². The van der Waals surface area contributed by atoms with Gasteiger partial charge >= 0.3 is 12.1 Å². The minimum absolute atomic E-state index is 0.104. The van der Waals surface area contributed by atoms with Crippen molar-refractivity contribution in [2.75, 3.05) is 0 Å². The van der Waals surface area contributed by atoms with Crippen molar-refractivity contribution in [1.29, 1.82) is 5.26 Å². The van der Waals surface area contributed by atoms with Gasteiger partial charge in [0.05, 0.1) is 12.1 Å². The van der Waals surface area contributed by atoms with E-state index < -0.39 is 24.2 Å². The number of hydrogen-bond acceptors (Lipinski definition) is 5. The fourth-order valence-electron chi connectivity index (χ4n) is 1.38. The number of rotatable bonds is 3. The number of hydrazone groups is 1. The second kappa shape index (κ2) is 8.33. The quantitative estimate of drug-likeness (QED) is 0.806. The molecule has 1 aliphatic rings. The van der Waals surface area contributed by atoms with Crippen molar-refractivity contribution in [1.82, 2.24) is 5.01 Å². The van der Waals surface area contributed by atoms with Crippen molar-refractivity contribution < 1.29 is 27.9 Å². The lowest BCUT2D eigenvalue weighted by atomic mass is 9.99. The number of hydrogen-bond donors (Lipinski definition) is 2. The summed E-state index contributed by atoms with van der Waals surface area (Å²) in [5.41, 5.74) is 5.79. The Hall–Kier alpha value is -2.15. The number of halogens is 3. The van der Waals surface area contributed by atoms with Crippen LogP contribution in [0.2, 0.25) is 0 Å². The summed E-state index contributed by atoms with van der Waals surface area (Å²) >= 11 is 0. The molecule has 0 aromatic rings. The van der Waals surface area contributed by atoms with Crippen LogP contribution >= 0.6 is 0 Å². The van der Waals surface area contributed by atoms with Gasteiger partial charge in [-0.2, -0.15) is 23.5 Å². The highest BCUT2D eigenvalue weighted by Crippen LogP contribution is 2.15. The Morgan fingerprint density at radius 3 is 2.45 bits per heavy atom. The highest BCUT2D eigenvalue weighted by Gasteiger charge is 2.38. The lowest BCUT2D eigenvalue weighted by Gasteiger charge is -2.23. The lowest BCUT2D eigenvalue weighted by molar-refractivity contribution is -0.192. The van der Waals surface area contributed by atoms with E-state index in [2.05, 4.69) is 5.10 Å². The Labute approximate surface area is 125 Å². The molecule has 0 saturated heterocycles. The second-order valence-corrected chi connectivity index (χ2v) is 4.58. The maximum atomic E-state index is 11.9. The number of carbonyl (C=O) groups is 2. The molecule has 1 aliphatic heterocycles. The fraction of sp³-hybridized carbons (Fsp3) is 0.667. The van der Waals surface area contributed by atoms with Crippen LogP contribution < -0.4 is 5.73 Å². The Morgan fingerprint density at radius 2 is 2.09 bits per heavy atom. The zero-order valence-electron chi connectivity index (χ0n) is 12.0. The average Bonchev–Trinajstić information content (AvgIpc) is 2.92. The normalized spacial score (nSPS) is 19.7. The summed E-state index contributed by atoms with van der Waals surface area (Å²) in [6.07, 6.45) is -2.17. The monoisotopic (exact) mass is 322 g/mol. The number of aliphatic carboxylic acids is 1. The summed E-state index contributed by atoms with van der Waals surface area (Å²) in [7, 11) is 0. The molecule has 0 aromatic carbocycles. The van der Waals surface area contributed by atoms with Crippen molar-refractivity contribution in [3.63, 3.8) is 0 Å². The predicted molar refractivity (Wildman–Crippen MR) is 70.5 cm³/mol. The number of nitrogens with two attached hydrogens (primary N) is 1. The topological polar surface area (TPSA) is 120 Å². The average molecular weight is 322 g/mol. The molecule has 3 atom stereocenters. The molecule has 10 heteroatoms. The number of carbonyl (C=O) groups excluding carboxylic acids is 1. The molecule has 1 amide bonds. The first-order valence-electron chi connectivity index (χ1n) is 6.37. The summed E-state index contributed by atoms with van der Waals surface area (Å²) < 4.78 is 31.7. The third kappa shape index (κ3) is 5.69. The van der Waals surface area contributed by atoms with Crippen LogP contribution in [0, 0.1) is 17.2 Å². The molecular weight excluding hydrogens is 305 g/mol. The van der Waals surface area contributed by atoms with E-state index in [1.54, 1.807) is 6.21 Å². The maximum Gasteiger partial charge on any atom is 0.490 e. The van der Waals surface area contributed by atoms with Crippen LogP contribution in [0.25, 0.3) is 0 Å². The molecule has 0 fully saturated rings. The number of nitriles is 1. The molecule has 0 bridgehead atoms. The smallest absolute Gasteiger partial charge is 0.475 e. The standard InChI is InChI=1S/C10H16N4O.C2HF3O2/c1-3-7(2)9(12)10(15)14-8(6-11)4-5-13-14;3-2(4,5)1(6)7/h5,7-9H,3-4,12H2,1-2H3;(H,6,7)/t7-,8?,9+;/m1./s1. The number of carboxylic acids is 1. The van der Waals surface area contributed by atoms with E-state index >= 15 is 0 Å². The molecule has 0 aromatic heterocycles. The van der Waals surface area contributed by atoms with Crippen molar-refractivity contribution >= 4 is 18.1 Å². The van der Waals surface area contributed by atoms with Crippen LogP contribution in [0.15, 0.2) is 5.10 Å². The van der Waals surface area contributed by atoms with Gasteiger partial charge in [0.25, 0.3) is 5.91 Å². The summed E-state index contributed by atoms with van der Waals surface area (Å²) in [6.45, 7) is 3.90. The molecule has 3 N–H and O–H groups in total. The van der Waals surface area contributed by atoms with Crippen LogP contribution in [0.3, 0.4) is 0 Å². The molecule has 22 heavy (non-hydrogen) atoms. The SMILES string of the molecule is CC[C@@H](C)[C@H](N)C(=O)N1N=CCC1C#N.O=C(O)C(F)(F)F. The van der Waals surface area contributed by atoms with Gasteiger partial charge in [-0.3, -0.25) is 4.79 Å². The molecule has 0 saturated carbocycles.